The van der Waals surface area contributed by atoms with E-state index in [4.69, 9.17) is 0 Å². The van der Waals surface area contributed by atoms with Gasteiger partial charge in [0.1, 0.15) is 5.78 Å². The highest BCUT2D eigenvalue weighted by Crippen LogP contribution is 2.27. The number of hydrogen-bond donors (Lipinski definition) is 1. The molecule has 1 aliphatic heterocycles. The van der Waals surface area contributed by atoms with Crippen molar-refractivity contribution in [1.82, 2.24) is 5.32 Å². The lowest BCUT2D eigenvalue weighted by atomic mass is 9.87. The van der Waals surface area contributed by atoms with Gasteiger partial charge in [-0.3, -0.25) is 4.79 Å². The summed E-state index contributed by atoms with van der Waals surface area (Å²) in [6, 6.07) is 4.44. The van der Waals surface area contributed by atoms with Gasteiger partial charge in [-0.15, -0.1) is 23.1 Å². The number of piperidine rings is 1. The third-order valence-corrected chi connectivity index (χ3v) is 5.96. The summed E-state index contributed by atoms with van der Waals surface area (Å²) in [7, 11) is 0. The van der Waals surface area contributed by atoms with Crippen LogP contribution in [-0.2, 0) is 4.79 Å². The molecule has 0 bridgehead atoms. The van der Waals surface area contributed by atoms with E-state index in [1.807, 2.05) is 30.0 Å². The normalized spacial score (nSPS) is 23.4. The van der Waals surface area contributed by atoms with Crippen LogP contribution in [0.2, 0.25) is 0 Å². The van der Waals surface area contributed by atoms with Gasteiger partial charge in [0, 0.05) is 6.42 Å². The molecule has 2 atom stereocenters. The second-order valence-corrected chi connectivity index (χ2v) is 7.48. The predicted molar refractivity (Wildman–Crippen MR) is 84.1 cm³/mol. The van der Waals surface area contributed by atoms with Gasteiger partial charge in [-0.05, 0) is 55.3 Å². The molecule has 0 amide bonds. The fourth-order valence-corrected chi connectivity index (χ4v) is 4.46. The number of hydrogen-bond acceptors (Lipinski definition) is 4. The molecule has 0 aliphatic carbocycles. The molecular formula is C15H23NOS2. The summed E-state index contributed by atoms with van der Waals surface area (Å²) in [4.78, 5) is 11.7. The van der Waals surface area contributed by atoms with Crippen LogP contribution in [0.15, 0.2) is 21.7 Å². The Labute approximate surface area is 124 Å². The maximum absolute atomic E-state index is 11.7. The van der Waals surface area contributed by atoms with E-state index in [0.717, 1.165) is 18.9 Å². The van der Waals surface area contributed by atoms with Crippen molar-refractivity contribution in [2.24, 2.45) is 5.92 Å². The maximum Gasteiger partial charge on any atom is 0.149 e. The van der Waals surface area contributed by atoms with Crippen molar-refractivity contribution < 1.29 is 4.79 Å². The molecule has 1 N–H and O–H groups in total. The summed E-state index contributed by atoms with van der Waals surface area (Å²) in [5.41, 5.74) is 0. The van der Waals surface area contributed by atoms with Gasteiger partial charge in [-0.25, -0.2) is 0 Å². The minimum Gasteiger partial charge on any atom is -0.307 e. The molecule has 1 aromatic heterocycles. The Morgan fingerprint density at radius 1 is 1.58 bits per heavy atom. The zero-order chi connectivity index (χ0) is 13.5. The van der Waals surface area contributed by atoms with E-state index in [1.165, 1.54) is 29.2 Å². The zero-order valence-electron chi connectivity index (χ0n) is 11.6. The van der Waals surface area contributed by atoms with Gasteiger partial charge < -0.3 is 5.32 Å². The molecule has 19 heavy (non-hydrogen) atoms. The molecule has 1 aliphatic rings. The number of nitrogens with one attached hydrogen (secondary N) is 1. The quantitative estimate of drug-likeness (QED) is 0.610. The van der Waals surface area contributed by atoms with Crippen molar-refractivity contribution in [3.63, 3.8) is 0 Å². The standard InChI is InChI=1S/C15H23NOS2/c1-2-14(17)13-11-12(7-8-16-13)5-3-9-18-15-6-4-10-19-15/h4,6,10,12-13,16H,2-3,5,7-9,11H2,1H3/t12-,13+/m1/s1. The van der Waals surface area contributed by atoms with E-state index in [1.54, 1.807) is 0 Å². The first-order valence-electron chi connectivity index (χ1n) is 7.22. The minimum atomic E-state index is 0.133. The van der Waals surface area contributed by atoms with Crippen LogP contribution >= 0.6 is 23.1 Å². The Morgan fingerprint density at radius 2 is 2.47 bits per heavy atom. The van der Waals surface area contributed by atoms with E-state index < -0.39 is 0 Å². The largest absolute Gasteiger partial charge is 0.307 e. The van der Waals surface area contributed by atoms with E-state index in [0.29, 0.717) is 12.2 Å². The van der Waals surface area contributed by atoms with Gasteiger partial charge in [0.05, 0.1) is 10.3 Å². The molecule has 2 rings (SSSR count). The third kappa shape index (κ3) is 4.93. The number of carbonyl (C=O) groups excluding carboxylic acids is 1. The second-order valence-electron chi connectivity index (χ2n) is 5.14. The minimum absolute atomic E-state index is 0.133. The first-order valence-corrected chi connectivity index (χ1v) is 9.08. The van der Waals surface area contributed by atoms with Crippen molar-refractivity contribution in [3.8, 4) is 0 Å². The second kappa shape index (κ2) is 8.08. The Balaban J connectivity index is 1.64. The molecule has 0 aromatic carbocycles. The smallest absolute Gasteiger partial charge is 0.149 e. The lowest BCUT2D eigenvalue weighted by Crippen LogP contribution is -2.43. The summed E-state index contributed by atoms with van der Waals surface area (Å²) < 4.78 is 1.42. The van der Waals surface area contributed by atoms with Crippen LogP contribution in [0.1, 0.15) is 39.0 Å². The van der Waals surface area contributed by atoms with Crippen LogP contribution in [-0.4, -0.2) is 24.1 Å². The van der Waals surface area contributed by atoms with Gasteiger partial charge in [0.15, 0.2) is 0 Å². The van der Waals surface area contributed by atoms with Crippen LogP contribution in [0.25, 0.3) is 0 Å². The highest BCUT2D eigenvalue weighted by molar-refractivity contribution is 8.01. The van der Waals surface area contributed by atoms with E-state index in [-0.39, 0.29) is 6.04 Å². The molecule has 2 nitrogen and oxygen atoms in total. The number of carbonyl (C=O) groups is 1. The van der Waals surface area contributed by atoms with Crippen molar-refractivity contribution in [1.29, 1.82) is 0 Å². The number of rotatable bonds is 7. The van der Waals surface area contributed by atoms with E-state index >= 15 is 0 Å². The fourth-order valence-electron chi connectivity index (χ4n) is 2.64. The molecule has 106 valence electrons. The third-order valence-electron chi connectivity index (χ3n) is 3.75. The fraction of sp³-hybridized carbons (Fsp3) is 0.667. The Bertz CT molecular complexity index is 378. The van der Waals surface area contributed by atoms with Gasteiger partial charge in [-0.1, -0.05) is 13.0 Å². The van der Waals surface area contributed by atoms with Crippen LogP contribution < -0.4 is 5.32 Å². The van der Waals surface area contributed by atoms with E-state index in [2.05, 4.69) is 22.8 Å². The highest BCUT2D eigenvalue weighted by atomic mass is 32.2. The van der Waals surface area contributed by atoms with Gasteiger partial charge >= 0.3 is 0 Å². The van der Waals surface area contributed by atoms with Crippen LogP contribution in [0.4, 0.5) is 0 Å². The van der Waals surface area contributed by atoms with Crippen molar-refractivity contribution >= 4 is 28.9 Å². The molecule has 1 aromatic rings. The average molecular weight is 297 g/mol. The Hall–Kier alpha value is -0.320. The number of ketones is 1. The molecule has 0 saturated carbocycles. The predicted octanol–water partition coefficient (Wildman–Crippen LogP) is 3.97. The van der Waals surface area contributed by atoms with Gasteiger partial charge in [0.25, 0.3) is 0 Å². The highest BCUT2D eigenvalue weighted by Gasteiger charge is 2.25. The lowest BCUT2D eigenvalue weighted by Gasteiger charge is -2.29. The molecule has 2 heterocycles. The van der Waals surface area contributed by atoms with Crippen LogP contribution in [0.5, 0.6) is 0 Å². The molecule has 1 saturated heterocycles. The summed E-state index contributed by atoms with van der Waals surface area (Å²) >= 11 is 3.79. The van der Waals surface area contributed by atoms with Crippen molar-refractivity contribution in [3.05, 3.63) is 17.5 Å². The maximum atomic E-state index is 11.7. The van der Waals surface area contributed by atoms with E-state index in [9.17, 15) is 4.79 Å². The van der Waals surface area contributed by atoms with Gasteiger partial charge in [-0.2, -0.15) is 0 Å². The Kier molecular flexibility index (Phi) is 6.41. The molecule has 0 unspecified atom stereocenters. The first-order chi connectivity index (χ1) is 9.29. The van der Waals surface area contributed by atoms with Crippen LogP contribution in [0.3, 0.4) is 0 Å². The number of thioether (sulfide) groups is 1. The summed E-state index contributed by atoms with van der Waals surface area (Å²) in [5.74, 6) is 2.33. The lowest BCUT2D eigenvalue weighted by molar-refractivity contribution is -0.121. The first kappa shape index (κ1) is 15.1. The van der Waals surface area contributed by atoms with Crippen molar-refractivity contribution in [2.45, 2.75) is 49.3 Å². The summed E-state index contributed by atoms with van der Waals surface area (Å²) in [6.07, 6.45) is 5.49. The molecule has 0 spiro atoms. The zero-order valence-corrected chi connectivity index (χ0v) is 13.2. The summed E-state index contributed by atoms with van der Waals surface area (Å²) in [5, 5.41) is 5.49. The monoisotopic (exact) mass is 297 g/mol. The molecule has 1 fully saturated rings. The average Bonchev–Trinajstić information content (AvgIpc) is 2.96. The SMILES string of the molecule is CCC(=O)[C@@H]1C[C@H](CCCSc2cccs2)CCN1. The molecular weight excluding hydrogens is 274 g/mol. The summed E-state index contributed by atoms with van der Waals surface area (Å²) in [6.45, 7) is 2.98. The topological polar surface area (TPSA) is 29.1 Å². The van der Waals surface area contributed by atoms with Crippen LogP contribution in [0, 0.1) is 5.92 Å². The van der Waals surface area contributed by atoms with Gasteiger partial charge in [0.2, 0.25) is 0 Å². The Morgan fingerprint density at radius 3 is 3.21 bits per heavy atom. The van der Waals surface area contributed by atoms with Crippen molar-refractivity contribution in [2.75, 3.05) is 12.3 Å². The molecule has 0 radical (unpaired) electrons. The number of Topliss-reactive ketones (excluding diaryl/α,β-unsaturated/α-hetero) is 1. The molecule has 4 heteroatoms. The number of thiophene rings is 1.